The minimum atomic E-state index is -1.38. The van der Waals surface area contributed by atoms with Gasteiger partial charge in [-0.25, -0.2) is 0 Å². The first-order valence-electron chi connectivity index (χ1n) is 9.05. The SMILES string of the molecule is COc1ccccc1N[C@@H](c1ccc(Cl)cc1)[C@@H](O)C(=O)c1ccccc1OC. The molecule has 3 aromatic rings. The molecule has 0 unspecified atom stereocenters. The van der Waals surface area contributed by atoms with Gasteiger partial charge in [-0.05, 0) is 42.0 Å². The molecule has 0 aromatic heterocycles. The number of aliphatic hydroxyl groups excluding tert-OH is 1. The van der Waals surface area contributed by atoms with Crippen molar-refractivity contribution in [2.75, 3.05) is 19.5 Å². The van der Waals surface area contributed by atoms with Crippen LogP contribution in [0, 0.1) is 0 Å². The number of carbonyl (C=O) groups excluding carboxylic acids is 1. The van der Waals surface area contributed by atoms with Crippen molar-refractivity contribution in [2.24, 2.45) is 0 Å². The van der Waals surface area contributed by atoms with Crippen LogP contribution in [-0.4, -0.2) is 31.2 Å². The molecule has 0 amide bonds. The highest BCUT2D eigenvalue weighted by Crippen LogP contribution is 2.32. The molecule has 2 atom stereocenters. The molecule has 150 valence electrons. The van der Waals surface area contributed by atoms with E-state index in [4.69, 9.17) is 21.1 Å². The van der Waals surface area contributed by atoms with E-state index >= 15 is 0 Å². The lowest BCUT2D eigenvalue weighted by atomic mass is 9.94. The van der Waals surface area contributed by atoms with Gasteiger partial charge in [0.15, 0.2) is 5.78 Å². The lowest BCUT2D eigenvalue weighted by molar-refractivity contribution is 0.0704. The number of hydrogen-bond acceptors (Lipinski definition) is 5. The topological polar surface area (TPSA) is 67.8 Å². The van der Waals surface area contributed by atoms with E-state index in [-0.39, 0.29) is 0 Å². The summed E-state index contributed by atoms with van der Waals surface area (Å²) in [6.07, 6.45) is -1.38. The fourth-order valence-electron chi connectivity index (χ4n) is 3.10. The molecule has 0 bridgehead atoms. The largest absolute Gasteiger partial charge is 0.496 e. The number of methoxy groups -OCH3 is 2. The Labute approximate surface area is 174 Å². The van der Waals surface area contributed by atoms with Gasteiger partial charge in [-0.2, -0.15) is 0 Å². The summed E-state index contributed by atoms with van der Waals surface area (Å²) in [4.78, 5) is 13.1. The van der Waals surface area contributed by atoms with Crippen molar-refractivity contribution in [2.45, 2.75) is 12.1 Å². The molecule has 0 heterocycles. The average molecular weight is 412 g/mol. The van der Waals surface area contributed by atoms with Crippen LogP contribution in [0.15, 0.2) is 72.8 Å². The number of rotatable bonds is 8. The molecule has 0 radical (unpaired) electrons. The molecule has 0 saturated heterocycles. The van der Waals surface area contributed by atoms with Gasteiger partial charge in [0, 0.05) is 5.02 Å². The molecule has 3 aromatic carbocycles. The Balaban J connectivity index is 2.00. The molecule has 5 nitrogen and oxygen atoms in total. The van der Waals surface area contributed by atoms with Gasteiger partial charge < -0.3 is 19.9 Å². The number of hydrogen-bond donors (Lipinski definition) is 2. The molecular formula is C23H22ClNO4. The predicted octanol–water partition coefficient (Wildman–Crippen LogP) is 4.75. The van der Waals surface area contributed by atoms with Gasteiger partial charge in [0.05, 0.1) is 31.5 Å². The molecule has 2 N–H and O–H groups in total. The number of aliphatic hydroxyl groups is 1. The monoisotopic (exact) mass is 411 g/mol. The van der Waals surface area contributed by atoms with Crippen LogP contribution in [0.25, 0.3) is 0 Å². The maximum Gasteiger partial charge on any atom is 0.197 e. The third-order valence-electron chi connectivity index (χ3n) is 4.60. The minimum Gasteiger partial charge on any atom is -0.496 e. The average Bonchev–Trinajstić information content (AvgIpc) is 2.77. The summed E-state index contributed by atoms with van der Waals surface area (Å²) in [5, 5.41) is 14.9. The molecular weight excluding hydrogens is 390 g/mol. The number of nitrogens with one attached hydrogen (secondary N) is 1. The van der Waals surface area contributed by atoms with E-state index in [2.05, 4.69) is 5.32 Å². The Hall–Kier alpha value is -3.02. The summed E-state index contributed by atoms with van der Waals surface area (Å²) in [5.41, 5.74) is 1.67. The van der Waals surface area contributed by atoms with Gasteiger partial charge in [0.2, 0.25) is 0 Å². The summed E-state index contributed by atoms with van der Waals surface area (Å²) in [7, 11) is 3.05. The summed E-state index contributed by atoms with van der Waals surface area (Å²) in [6.45, 7) is 0. The molecule has 0 saturated carbocycles. The zero-order valence-corrected chi connectivity index (χ0v) is 16.9. The van der Waals surface area contributed by atoms with Crippen LogP contribution in [0.5, 0.6) is 11.5 Å². The zero-order valence-electron chi connectivity index (χ0n) is 16.1. The van der Waals surface area contributed by atoms with Crippen molar-refractivity contribution in [3.63, 3.8) is 0 Å². The second-order valence-electron chi connectivity index (χ2n) is 6.38. The minimum absolute atomic E-state index is 0.309. The van der Waals surface area contributed by atoms with E-state index < -0.39 is 17.9 Å². The number of ketones is 1. The Morgan fingerprint density at radius 1 is 0.897 bits per heavy atom. The van der Waals surface area contributed by atoms with Gasteiger partial charge >= 0.3 is 0 Å². The first-order chi connectivity index (χ1) is 14.0. The van der Waals surface area contributed by atoms with Gasteiger partial charge in [-0.1, -0.05) is 48.0 Å². The van der Waals surface area contributed by atoms with Crippen molar-refractivity contribution in [3.05, 3.63) is 88.9 Å². The van der Waals surface area contributed by atoms with Gasteiger partial charge in [-0.3, -0.25) is 4.79 Å². The molecule has 6 heteroatoms. The van der Waals surface area contributed by atoms with Crippen LogP contribution < -0.4 is 14.8 Å². The number of anilines is 1. The van der Waals surface area contributed by atoms with Crippen molar-refractivity contribution < 1.29 is 19.4 Å². The Morgan fingerprint density at radius 3 is 2.14 bits per heavy atom. The third-order valence-corrected chi connectivity index (χ3v) is 4.86. The van der Waals surface area contributed by atoms with E-state index in [0.29, 0.717) is 33.3 Å². The summed E-state index contributed by atoms with van der Waals surface area (Å²) in [6, 6.07) is 20.4. The second-order valence-corrected chi connectivity index (χ2v) is 6.82. The maximum atomic E-state index is 13.1. The van der Waals surface area contributed by atoms with Crippen LogP contribution in [0.4, 0.5) is 5.69 Å². The Bertz CT molecular complexity index is 975. The molecule has 0 aliphatic carbocycles. The summed E-state index contributed by atoms with van der Waals surface area (Å²) < 4.78 is 10.7. The first-order valence-corrected chi connectivity index (χ1v) is 9.43. The normalized spacial score (nSPS) is 12.7. The van der Waals surface area contributed by atoms with E-state index in [1.54, 1.807) is 61.7 Å². The standard InChI is InChI=1S/C23H22ClNO4/c1-28-19-9-5-3-7-17(19)22(26)23(27)21(15-11-13-16(24)14-12-15)25-18-8-4-6-10-20(18)29-2/h3-14,21,23,25,27H,1-2H3/t21-,23+/m0/s1. The van der Waals surface area contributed by atoms with E-state index in [1.165, 1.54) is 7.11 Å². The van der Waals surface area contributed by atoms with Crippen LogP contribution >= 0.6 is 11.6 Å². The fraction of sp³-hybridized carbons (Fsp3) is 0.174. The van der Waals surface area contributed by atoms with E-state index in [9.17, 15) is 9.90 Å². The van der Waals surface area contributed by atoms with E-state index in [1.807, 2.05) is 18.2 Å². The fourth-order valence-corrected chi connectivity index (χ4v) is 3.23. The second kappa shape index (κ2) is 9.45. The number of carbonyl (C=O) groups is 1. The summed E-state index contributed by atoms with van der Waals surface area (Å²) in [5.74, 6) is 0.553. The van der Waals surface area contributed by atoms with Crippen LogP contribution in [0.1, 0.15) is 22.0 Å². The van der Waals surface area contributed by atoms with Crippen molar-refractivity contribution in [1.29, 1.82) is 0 Å². The van der Waals surface area contributed by atoms with E-state index in [0.717, 1.165) is 0 Å². The highest BCUT2D eigenvalue weighted by atomic mass is 35.5. The van der Waals surface area contributed by atoms with Crippen LogP contribution in [0.2, 0.25) is 5.02 Å². The number of halogens is 1. The molecule has 0 fully saturated rings. The quantitative estimate of drug-likeness (QED) is 0.523. The van der Waals surface area contributed by atoms with Crippen molar-refractivity contribution >= 4 is 23.1 Å². The third kappa shape index (κ3) is 4.70. The van der Waals surface area contributed by atoms with Crippen LogP contribution in [-0.2, 0) is 0 Å². The number of Topliss-reactive ketones (excluding diaryl/α,β-unsaturated/α-hetero) is 1. The Morgan fingerprint density at radius 2 is 1.48 bits per heavy atom. The van der Waals surface area contributed by atoms with Crippen molar-refractivity contribution in [3.8, 4) is 11.5 Å². The van der Waals surface area contributed by atoms with Gasteiger partial charge in [-0.15, -0.1) is 0 Å². The molecule has 0 aliphatic rings. The number of para-hydroxylation sites is 3. The zero-order chi connectivity index (χ0) is 20.8. The highest BCUT2D eigenvalue weighted by Gasteiger charge is 2.30. The lowest BCUT2D eigenvalue weighted by Gasteiger charge is -2.26. The predicted molar refractivity (Wildman–Crippen MR) is 114 cm³/mol. The van der Waals surface area contributed by atoms with Gasteiger partial charge in [0.1, 0.15) is 17.6 Å². The van der Waals surface area contributed by atoms with Crippen molar-refractivity contribution in [1.82, 2.24) is 0 Å². The smallest absolute Gasteiger partial charge is 0.197 e. The summed E-state index contributed by atoms with van der Waals surface area (Å²) >= 11 is 6.02. The molecule has 0 spiro atoms. The van der Waals surface area contributed by atoms with Gasteiger partial charge in [0.25, 0.3) is 0 Å². The number of ether oxygens (including phenoxy) is 2. The highest BCUT2D eigenvalue weighted by molar-refractivity contribution is 6.30. The van der Waals surface area contributed by atoms with Crippen LogP contribution in [0.3, 0.4) is 0 Å². The molecule has 29 heavy (non-hydrogen) atoms. The number of benzene rings is 3. The molecule has 0 aliphatic heterocycles. The maximum absolute atomic E-state index is 13.1. The lowest BCUT2D eigenvalue weighted by Crippen LogP contribution is -2.33. The molecule has 3 rings (SSSR count). The Kier molecular flexibility index (Phi) is 6.75. The first kappa shape index (κ1) is 20.7.